The second kappa shape index (κ2) is 3.56. The fourth-order valence-corrected chi connectivity index (χ4v) is 3.25. The smallest absolute Gasteiger partial charge is 0.194 e. The maximum atomic E-state index is 4.61. The second-order valence-electron chi connectivity index (χ2n) is 5.76. The Kier molecular flexibility index (Phi) is 2.35. The molecule has 1 N–H and O–H groups in total. The van der Waals surface area contributed by atoms with E-state index < -0.39 is 0 Å². The Hall–Kier alpha value is -0.870. The molecule has 92 valence electrons. The predicted molar refractivity (Wildman–Crippen MR) is 71.6 cm³/mol. The molecule has 0 aliphatic heterocycles. The van der Waals surface area contributed by atoms with Crippen LogP contribution in [0.4, 0.5) is 0 Å². The summed E-state index contributed by atoms with van der Waals surface area (Å²) >= 11 is 1.76. The van der Waals surface area contributed by atoms with Crippen molar-refractivity contribution in [1.82, 2.24) is 14.7 Å². The van der Waals surface area contributed by atoms with Crippen LogP contribution in [0.1, 0.15) is 36.5 Å². The number of imidazole rings is 1. The van der Waals surface area contributed by atoms with E-state index >= 15 is 0 Å². The van der Waals surface area contributed by atoms with Crippen molar-refractivity contribution in [1.29, 1.82) is 0 Å². The lowest BCUT2D eigenvalue weighted by Gasteiger charge is -2.06. The molecule has 0 radical (unpaired) electrons. The van der Waals surface area contributed by atoms with Crippen molar-refractivity contribution < 1.29 is 0 Å². The third-order valence-electron chi connectivity index (χ3n) is 3.77. The second-order valence-corrected chi connectivity index (χ2v) is 6.98. The van der Waals surface area contributed by atoms with Crippen LogP contribution in [0.2, 0.25) is 0 Å². The van der Waals surface area contributed by atoms with Crippen LogP contribution in [0.15, 0.2) is 6.20 Å². The summed E-state index contributed by atoms with van der Waals surface area (Å²) in [5.74, 6) is 0. The molecule has 0 bridgehead atoms. The highest BCUT2D eigenvalue weighted by atomic mass is 32.1. The first-order valence-electron chi connectivity index (χ1n) is 6.15. The van der Waals surface area contributed by atoms with E-state index in [0.29, 0.717) is 11.5 Å². The Labute approximate surface area is 106 Å². The minimum Gasteiger partial charge on any atom is -0.308 e. The molecule has 2 aromatic rings. The molecule has 2 heterocycles. The lowest BCUT2D eigenvalue weighted by molar-refractivity contribution is 0.537. The minimum atomic E-state index is 0.488. The predicted octanol–water partition coefficient (Wildman–Crippen LogP) is 2.90. The Morgan fingerprint density at radius 2 is 2.24 bits per heavy atom. The summed E-state index contributed by atoms with van der Waals surface area (Å²) in [6.45, 7) is 9.80. The summed E-state index contributed by atoms with van der Waals surface area (Å²) in [6.07, 6.45) is 3.48. The van der Waals surface area contributed by atoms with E-state index in [1.54, 1.807) is 11.3 Å². The van der Waals surface area contributed by atoms with Crippen molar-refractivity contribution in [2.24, 2.45) is 5.41 Å². The van der Waals surface area contributed by atoms with Gasteiger partial charge < -0.3 is 5.32 Å². The number of aromatic nitrogens is 2. The van der Waals surface area contributed by atoms with Gasteiger partial charge in [-0.2, -0.15) is 0 Å². The van der Waals surface area contributed by atoms with E-state index in [1.807, 2.05) is 0 Å². The van der Waals surface area contributed by atoms with Crippen LogP contribution < -0.4 is 5.32 Å². The zero-order valence-electron chi connectivity index (χ0n) is 10.9. The molecule has 1 aliphatic rings. The first-order chi connectivity index (χ1) is 7.97. The van der Waals surface area contributed by atoms with Gasteiger partial charge in [-0.1, -0.05) is 13.8 Å². The lowest BCUT2D eigenvalue weighted by Crippen LogP contribution is -2.21. The third kappa shape index (κ3) is 1.89. The standard InChI is InChI=1S/C13H19N3S/c1-8-7-16-10(9(2)15-12(16)17-8)6-14-11-5-13(11,3)4/h7,11,14H,5-6H2,1-4H3. The molecular formula is C13H19N3S. The average molecular weight is 249 g/mol. The molecule has 1 saturated carbocycles. The van der Waals surface area contributed by atoms with Crippen LogP contribution in [0.3, 0.4) is 0 Å². The monoisotopic (exact) mass is 249 g/mol. The topological polar surface area (TPSA) is 29.3 Å². The Morgan fingerprint density at radius 3 is 2.88 bits per heavy atom. The van der Waals surface area contributed by atoms with Crippen molar-refractivity contribution in [3.05, 3.63) is 22.5 Å². The number of aryl methyl sites for hydroxylation is 2. The zero-order chi connectivity index (χ0) is 12.2. The number of nitrogens with one attached hydrogen (secondary N) is 1. The highest BCUT2D eigenvalue weighted by Gasteiger charge is 2.45. The maximum absolute atomic E-state index is 4.61. The summed E-state index contributed by atoms with van der Waals surface area (Å²) in [6, 6.07) is 0.673. The fourth-order valence-electron chi connectivity index (χ4n) is 2.36. The van der Waals surface area contributed by atoms with Crippen LogP contribution in [0, 0.1) is 19.3 Å². The Bertz CT molecular complexity index is 564. The number of hydrogen-bond donors (Lipinski definition) is 1. The van der Waals surface area contributed by atoms with Crippen molar-refractivity contribution in [2.45, 2.75) is 46.7 Å². The fraction of sp³-hybridized carbons (Fsp3) is 0.615. The van der Waals surface area contributed by atoms with Gasteiger partial charge in [0.25, 0.3) is 0 Å². The summed E-state index contributed by atoms with van der Waals surface area (Å²) in [5, 5.41) is 3.64. The average Bonchev–Trinajstić information content (AvgIpc) is 2.52. The van der Waals surface area contributed by atoms with Crippen LogP contribution in [-0.2, 0) is 6.54 Å². The number of hydrogen-bond acceptors (Lipinski definition) is 3. The van der Waals surface area contributed by atoms with Gasteiger partial charge in [0, 0.05) is 23.7 Å². The first-order valence-corrected chi connectivity index (χ1v) is 6.96. The molecule has 0 amide bonds. The molecule has 3 rings (SSSR count). The third-order valence-corrected chi connectivity index (χ3v) is 4.67. The Morgan fingerprint density at radius 1 is 1.53 bits per heavy atom. The molecule has 1 fully saturated rings. The van der Waals surface area contributed by atoms with E-state index in [1.165, 1.54) is 17.0 Å². The van der Waals surface area contributed by atoms with Crippen LogP contribution in [0.5, 0.6) is 0 Å². The summed E-state index contributed by atoms with van der Waals surface area (Å²) in [4.78, 5) is 7.05. The number of fused-ring (bicyclic) bond motifs is 1. The normalized spacial score (nSPS) is 22.2. The molecule has 4 heteroatoms. The van der Waals surface area contributed by atoms with Gasteiger partial charge in [0.05, 0.1) is 11.4 Å². The summed E-state index contributed by atoms with van der Waals surface area (Å²) < 4.78 is 2.23. The van der Waals surface area contributed by atoms with Gasteiger partial charge in [-0.05, 0) is 25.7 Å². The number of rotatable bonds is 3. The number of nitrogens with zero attached hydrogens (tertiary/aromatic N) is 2. The summed E-state index contributed by atoms with van der Waals surface area (Å²) in [5.41, 5.74) is 2.96. The molecule has 2 aromatic heterocycles. The molecule has 1 atom stereocenters. The molecule has 0 spiro atoms. The van der Waals surface area contributed by atoms with E-state index in [4.69, 9.17) is 0 Å². The van der Waals surface area contributed by atoms with Gasteiger partial charge in [-0.25, -0.2) is 4.98 Å². The Balaban J connectivity index is 1.82. The SMILES string of the molecule is Cc1cn2c(CNC3CC3(C)C)c(C)nc2s1. The van der Waals surface area contributed by atoms with E-state index in [-0.39, 0.29) is 0 Å². The van der Waals surface area contributed by atoms with Gasteiger partial charge in [-0.3, -0.25) is 4.40 Å². The molecule has 0 aromatic carbocycles. The number of thiazole rings is 1. The molecule has 0 saturated heterocycles. The highest BCUT2D eigenvalue weighted by Crippen LogP contribution is 2.44. The van der Waals surface area contributed by atoms with Crippen molar-refractivity contribution in [3.8, 4) is 0 Å². The zero-order valence-corrected chi connectivity index (χ0v) is 11.7. The van der Waals surface area contributed by atoms with Gasteiger partial charge >= 0.3 is 0 Å². The highest BCUT2D eigenvalue weighted by molar-refractivity contribution is 7.17. The van der Waals surface area contributed by atoms with Gasteiger partial charge in [0.2, 0.25) is 0 Å². The van der Waals surface area contributed by atoms with Gasteiger partial charge in [0.15, 0.2) is 4.96 Å². The van der Waals surface area contributed by atoms with Crippen molar-refractivity contribution >= 4 is 16.3 Å². The van der Waals surface area contributed by atoms with Gasteiger partial charge in [0.1, 0.15) is 0 Å². The largest absolute Gasteiger partial charge is 0.308 e. The molecule has 17 heavy (non-hydrogen) atoms. The molecular weight excluding hydrogens is 230 g/mol. The maximum Gasteiger partial charge on any atom is 0.194 e. The van der Waals surface area contributed by atoms with Gasteiger partial charge in [-0.15, -0.1) is 11.3 Å². The van der Waals surface area contributed by atoms with Crippen LogP contribution in [0.25, 0.3) is 4.96 Å². The van der Waals surface area contributed by atoms with Crippen LogP contribution in [-0.4, -0.2) is 15.4 Å². The quantitative estimate of drug-likeness (QED) is 0.906. The van der Waals surface area contributed by atoms with Crippen LogP contribution >= 0.6 is 11.3 Å². The molecule has 1 unspecified atom stereocenters. The van der Waals surface area contributed by atoms with E-state index in [0.717, 1.165) is 17.2 Å². The van der Waals surface area contributed by atoms with E-state index in [9.17, 15) is 0 Å². The summed E-state index contributed by atoms with van der Waals surface area (Å²) in [7, 11) is 0. The molecule has 1 aliphatic carbocycles. The van der Waals surface area contributed by atoms with Crippen molar-refractivity contribution in [2.75, 3.05) is 0 Å². The van der Waals surface area contributed by atoms with E-state index in [2.05, 4.69) is 48.6 Å². The van der Waals surface area contributed by atoms with Crippen molar-refractivity contribution in [3.63, 3.8) is 0 Å². The lowest BCUT2D eigenvalue weighted by atomic mass is 10.2. The minimum absolute atomic E-state index is 0.488. The first kappa shape index (κ1) is 11.2. The molecule has 3 nitrogen and oxygen atoms in total.